The van der Waals surface area contributed by atoms with Crippen LogP contribution < -0.4 is 10.6 Å². The number of carbonyl (C=O) groups excluding carboxylic acids is 2. The number of aliphatic hydroxyl groups excluding tert-OH is 2. The number of hydrogen-bond donors (Lipinski definition) is 4. The van der Waals surface area contributed by atoms with Crippen molar-refractivity contribution in [2.45, 2.75) is 49.5 Å². The third-order valence-electron chi connectivity index (χ3n) is 4.65. The molecule has 0 aliphatic heterocycles. The second kappa shape index (κ2) is 16.2. The fraction of sp³-hybridized carbons (Fsp3) is 0.417. The average Bonchev–Trinajstić information content (AvgIpc) is 2.81. The second-order valence-corrected chi connectivity index (χ2v) is 9.85. The monoisotopic (exact) mass is 550 g/mol. The summed E-state index contributed by atoms with van der Waals surface area (Å²) in [4.78, 5) is 22.8. The van der Waals surface area contributed by atoms with Gasteiger partial charge in [-0.05, 0) is 62.1 Å². The molecule has 0 bridgehead atoms. The number of hydrogen-bond acceptors (Lipinski definition) is 4. The molecule has 2 aromatic rings. The van der Waals surface area contributed by atoms with Crippen LogP contribution in [0, 0.1) is 0 Å². The molecule has 0 saturated carbocycles. The summed E-state index contributed by atoms with van der Waals surface area (Å²) in [6.07, 6.45) is 1.09. The van der Waals surface area contributed by atoms with Crippen LogP contribution in [0.4, 0.5) is 0 Å². The minimum absolute atomic E-state index is 0.127. The minimum Gasteiger partial charge on any atom is -0.394 e. The van der Waals surface area contributed by atoms with Gasteiger partial charge >= 0.3 is 0 Å². The Hall–Kier alpha value is -1.54. The van der Waals surface area contributed by atoms with Gasteiger partial charge in [-0.25, -0.2) is 0 Å². The van der Waals surface area contributed by atoms with Crippen LogP contribution in [0.1, 0.15) is 25.0 Å². The number of benzene rings is 2. The summed E-state index contributed by atoms with van der Waals surface area (Å²) in [5.74, 6) is -0.556. The van der Waals surface area contributed by atoms with Gasteiger partial charge in [0, 0.05) is 10.0 Å². The van der Waals surface area contributed by atoms with E-state index >= 15 is 0 Å². The van der Waals surface area contributed by atoms with Gasteiger partial charge in [-0.1, -0.05) is 47.5 Å². The van der Waals surface area contributed by atoms with Crippen molar-refractivity contribution in [1.29, 1.82) is 0 Å². The van der Waals surface area contributed by atoms with E-state index < -0.39 is 10.8 Å². The van der Waals surface area contributed by atoms with Gasteiger partial charge in [-0.15, -0.1) is 23.2 Å². The highest BCUT2D eigenvalue weighted by Gasteiger charge is 2.16. The molecule has 6 nitrogen and oxygen atoms in total. The molecule has 2 amide bonds. The van der Waals surface area contributed by atoms with E-state index in [0.717, 1.165) is 11.1 Å². The fourth-order valence-corrected chi connectivity index (χ4v) is 3.14. The van der Waals surface area contributed by atoms with Crippen molar-refractivity contribution in [3.63, 3.8) is 0 Å². The third kappa shape index (κ3) is 12.2. The standard InChI is InChI=1S/2C12H15Cl2NO2/c2*1-8(13)12(17)15-11(7-16)6-9-2-4-10(14)5-3-9/h2*2-5,8,11,16H,6-7H2,1H3,(H,15,17)/t8-,11+;8-,11-/m10/s1. The molecule has 0 spiro atoms. The molecule has 0 aliphatic rings. The van der Waals surface area contributed by atoms with Gasteiger partial charge in [0.25, 0.3) is 0 Å². The summed E-state index contributed by atoms with van der Waals surface area (Å²) in [6, 6.07) is 13.9. The summed E-state index contributed by atoms with van der Waals surface area (Å²) >= 11 is 22.8. The molecular weight excluding hydrogens is 522 g/mol. The predicted octanol–water partition coefficient (Wildman–Crippen LogP) is 3.97. The first-order chi connectivity index (χ1) is 16.0. The maximum Gasteiger partial charge on any atom is 0.238 e. The van der Waals surface area contributed by atoms with Crippen molar-refractivity contribution in [2.75, 3.05) is 13.2 Å². The van der Waals surface area contributed by atoms with Crippen LogP contribution in [0.25, 0.3) is 0 Å². The zero-order chi connectivity index (χ0) is 25.7. The van der Waals surface area contributed by atoms with Gasteiger partial charge in [0.15, 0.2) is 0 Å². The molecule has 0 aliphatic carbocycles. The smallest absolute Gasteiger partial charge is 0.238 e. The Morgan fingerprint density at radius 2 is 1.00 bits per heavy atom. The molecule has 0 aromatic heterocycles. The summed E-state index contributed by atoms with van der Waals surface area (Å²) in [6.45, 7) is 2.93. The molecule has 0 radical (unpaired) electrons. The molecule has 4 atom stereocenters. The minimum atomic E-state index is -0.603. The molecule has 0 heterocycles. The SMILES string of the molecule is C[C@@H](Cl)C(=O)N[C@H](CO)Cc1ccc(Cl)cc1.C[C@H](Cl)C(=O)N[C@H](CO)Cc1ccc(Cl)cc1. The van der Waals surface area contributed by atoms with E-state index in [2.05, 4.69) is 10.6 Å². The topological polar surface area (TPSA) is 98.7 Å². The van der Waals surface area contributed by atoms with E-state index in [-0.39, 0.29) is 37.1 Å². The largest absolute Gasteiger partial charge is 0.394 e. The van der Waals surface area contributed by atoms with Crippen molar-refractivity contribution in [3.8, 4) is 0 Å². The molecule has 0 fully saturated rings. The summed E-state index contributed by atoms with van der Waals surface area (Å²) < 4.78 is 0. The van der Waals surface area contributed by atoms with E-state index in [1.807, 2.05) is 24.3 Å². The molecule has 2 aromatic carbocycles. The molecule has 188 valence electrons. The quantitative estimate of drug-likeness (QED) is 0.336. The zero-order valence-electron chi connectivity index (χ0n) is 19.0. The van der Waals surface area contributed by atoms with Crippen LogP contribution in [-0.4, -0.2) is 58.1 Å². The fourth-order valence-electron chi connectivity index (χ4n) is 2.76. The molecule has 2 rings (SSSR count). The third-order valence-corrected chi connectivity index (χ3v) is 5.55. The normalized spacial score (nSPS) is 14.1. The van der Waals surface area contributed by atoms with E-state index in [4.69, 9.17) is 46.4 Å². The van der Waals surface area contributed by atoms with Crippen LogP contribution in [0.2, 0.25) is 10.0 Å². The highest BCUT2D eigenvalue weighted by atomic mass is 35.5. The van der Waals surface area contributed by atoms with E-state index in [1.165, 1.54) is 0 Å². The predicted molar refractivity (Wildman–Crippen MR) is 139 cm³/mol. The van der Waals surface area contributed by atoms with E-state index in [0.29, 0.717) is 22.9 Å². The molecule has 0 unspecified atom stereocenters. The molecule has 4 N–H and O–H groups in total. The summed E-state index contributed by atoms with van der Waals surface area (Å²) in [5.41, 5.74) is 1.99. The highest BCUT2D eigenvalue weighted by Crippen LogP contribution is 2.12. The Bertz CT molecular complexity index is 804. The number of alkyl halides is 2. The van der Waals surface area contributed by atoms with Gasteiger partial charge in [0.2, 0.25) is 11.8 Å². The Balaban J connectivity index is 0.000000340. The van der Waals surface area contributed by atoms with Crippen LogP contribution in [-0.2, 0) is 22.4 Å². The van der Waals surface area contributed by atoms with Crippen LogP contribution in [0.5, 0.6) is 0 Å². The van der Waals surface area contributed by atoms with Crippen molar-refractivity contribution in [2.24, 2.45) is 0 Å². The summed E-state index contributed by atoms with van der Waals surface area (Å²) in [7, 11) is 0. The lowest BCUT2D eigenvalue weighted by Crippen LogP contribution is -2.42. The maximum absolute atomic E-state index is 11.4. The number of nitrogens with one attached hydrogen (secondary N) is 2. The van der Waals surface area contributed by atoms with Crippen molar-refractivity contribution < 1.29 is 19.8 Å². The Morgan fingerprint density at radius 1 is 0.706 bits per heavy atom. The second-order valence-electron chi connectivity index (χ2n) is 7.67. The number of amides is 2. The van der Waals surface area contributed by atoms with Crippen molar-refractivity contribution >= 4 is 58.2 Å². The lowest BCUT2D eigenvalue weighted by atomic mass is 10.1. The highest BCUT2D eigenvalue weighted by molar-refractivity contribution is 6.31. The first-order valence-electron chi connectivity index (χ1n) is 10.6. The van der Waals surface area contributed by atoms with Gasteiger partial charge in [-0.3, -0.25) is 9.59 Å². The van der Waals surface area contributed by atoms with Gasteiger partial charge < -0.3 is 20.8 Å². The Kier molecular flexibility index (Phi) is 14.5. The van der Waals surface area contributed by atoms with Crippen molar-refractivity contribution in [3.05, 3.63) is 69.7 Å². The van der Waals surface area contributed by atoms with Crippen LogP contribution >= 0.6 is 46.4 Å². The average molecular weight is 552 g/mol. The molecule has 10 heteroatoms. The lowest BCUT2D eigenvalue weighted by molar-refractivity contribution is -0.122. The zero-order valence-corrected chi connectivity index (χ0v) is 22.0. The number of aliphatic hydroxyl groups is 2. The number of halogens is 4. The maximum atomic E-state index is 11.4. The Morgan fingerprint density at radius 3 is 1.24 bits per heavy atom. The van der Waals surface area contributed by atoms with E-state index in [9.17, 15) is 19.8 Å². The first kappa shape index (κ1) is 30.5. The summed E-state index contributed by atoms with van der Waals surface area (Å²) in [5, 5.41) is 23.8. The Labute approximate surface area is 220 Å². The van der Waals surface area contributed by atoms with Gasteiger partial charge in [0.1, 0.15) is 10.8 Å². The first-order valence-corrected chi connectivity index (χ1v) is 12.3. The molecule has 0 saturated heterocycles. The molecule has 34 heavy (non-hydrogen) atoms. The van der Waals surface area contributed by atoms with Crippen molar-refractivity contribution in [1.82, 2.24) is 10.6 Å². The van der Waals surface area contributed by atoms with Crippen LogP contribution in [0.15, 0.2) is 48.5 Å². The number of rotatable bonds is 10. The van der Waals surface area contributed by atoms with Gasteiger partial charge in [-0.2, -0.15) is 0 Å². The lowest BCUT2D eigenvalue weighted by Gasteiger charge is -2.17. The van der Waals surface area contributed by atoms with Crippen LogP contribution in [0.3, 0.4) is 0 Å². The van der Waals surface area contributed by atoms with E-state index in [1.54, 1.807) is 38.1 Å². The molecular formula is C24H30Cl4N2O4. The number of carbonyl (C=O) groups is 2. The van der Waals surface area contributed by atoms with Gasteiger partial charge in [0.05, 0.1) is 25.3 Å².